The second kappa shape index (κ2) is 7.84. The number of aliphatic carboxylic acids is 1. The van der Waals surface area contributed by atoms with Crippen LogP contribution in [0.4, 0.5) is 4.79 Å². The van der Waals surface area contributed by atoms with Crippen molar-refractivity contribution in [2.45, 2.75) is 39.2 Å². The summed E-state index contributed by atoms with van der Waals surface area (Å²) in [6.45, 7) is 4.84. The van der Waals surface area contributed by atoms with Crippen LogP contribution in [0.3, 0.4) is 0 Å². The van der Waals surface area contributed by atoms with E-state index < -0.39 is 17.9 Å². The molecule has 3 amide bonds. The molecule has 1 heterocycles. The minimum atomic E-state index is -0.954. The maximum Gasteiger partial charge on any atom is 0.321 e. The van der Waals surface area contributed by atoms with Gasteiger partial charge in [0, 0.05) is 31.4 Å². The zero-order valence-corrected chi connectivity index (χ0v) is 11.8. The number of carboxylic acids is 1. The van der Waals surface area contributed by atoms with Gasteiger partial charge in [0.2, 0.25) is 5.91 Å². The Bertz CT molecular complexity index is 366. The van der Waals surface area contributed by atoms with E-state index in [1.165, 1.54) is 0 Å². The van der Waals surface area contributed by atoms with Crippen molar-refractivity contribution in [1.82, 2.24) is 10.6 Å². The highest BCUT2D eigenvalue weighted by Crippen LogP contribution is 2.16. The third-order valence-electron chi connectivity index (χ3n) is 3.34. The molecule has 0 aliphatic carbocycles. The summed E-state index contributed by atoms with van der Waals surface area (Å²) in [4.78, 5) is 33.7. The molecule has 0 radical (unpaired) electrons. The molecular weight excluding hydrogens is 264 g/mol. The van der Waals surface area contributed by atoms with E-state index in [4.69, 9.17) is 9.84 Å². The summed E-state index contributed by atoms with van der Waals surface area (Å²) in [6.07, 6.45) is 0.816. The molecular formula is C13H22N2O5. The Morgan fingerprint density at radius 2 is 2.00 bits per heavy atom. The molecule has 0 aromatic heterocycles. The van der Waals surface area contributed by atoms with Crippen LogP contribution in [0.2, 0.25) is 0 Å². The molecule has 7 nitrogen and oxygen atoms in total. The number of rotatable bonds is 6. The molecule has 0 saturated carbocycles. The first-order chi connectivity index (χ1) is 9.38. The van der Waals surface area contributed by atoms with Crippen LogP contribution in [-0.4, -0.2) is 42.3 Å². The van der Waals surface area contributed by atoms with Gasteiger partial charge in [-0.2, -0.15) is 0 Å². The molecule has 20 heavy (non-hydrogen) atoms. The van der Waals surface area contributed by atoms with E-state index in [0.29, 0.717) is 13.2 Å². The lowest BCUT2D eigenvalue weighted by Crippen LogP contribution is -2.46. The summed E-state index contributed by atoms with van der Waals surface area (Å²) in [5, 5.41) is 13.5. The quantitative estimate of drug-likeness (QED) is 0.668. The molecule has 1 rings (SSSR count). The van der Waals surface area contributed by atoms with Gasteiger partial charge in [-0.1, -0.05) is 6.92 Å². The number of urea groups is 1. The smallest absolute Gasteiger partial charge is 0.321 e. The normalized spacial score (nSPS) is 21.0. The predicted octanol–water partition coefficient (Wildman–Crippen LogP) is 0.738. The SMILES string of the molecule is CC(CC(=O)O)CC(=O)NC(=O)NC(C)C1CCOC1. The van der Waals surface area contributed by atoms with Crippen LogP contribution in [0.15, 0.2) is 0 Å². The molecule has 1 aliphatic rings. The highest BCUT2D eigenvalue weighted by Gasteiger charge is 2.24. The van der Waals surface area contributed by atoms with Crippen LogP contribution in [0.1, 0.15) is 33.1 Å². The molecule has 7 heteroatoms. The van der Waals surface area contributed by atoms with E-state index in [1.54, 1.807) is 6.92 Å². The molecule has 1 aliphatic heterocycles. The fourth-order valence-corrected chi connectivity index (χ4v) is 2.17. The van der Waals surface area contributed by atoms with Gasteiger partial charge >= 0.3 is 12.0 Å². The van der Waals surface area contributed by atoms with Crippen molar-refractivity contribution in [3.05, 3.63) is 0 Å². The Morgan fingerprint density at radius 1 is 1.30 bits per heavy atom. The fraction of sp³-hybridized carbons (Fsp3) is 0.769. The number of hydrogen-bond acceptors (Lipinski definition) is 4. The first kappa shape index (κ1) is 16.4. The van der Waals surface area contributed by atoms with Crippen LogP contribution >= 0.6 is 0 Å². The Balaban J connectivity index is 2.26. The van der Waals surface area contributed by atoms with Crippen molar-refractivity contribution < 1.29 is 24.2 Å². The number of amides is 3. The number of hydrogen-bond donors (Lipinski definition) is 3. The Morgan fingerprint density at radius 3 is 2.55 bits per heavy atom. The minimum absolute atomic E-state index is 0.0145. The van der Waals surface area contributed by atoms with Gasteiger partial charge in [0.25, 0.3) is 0 Å². The molecule has 0 aromatic carbocycles. The zero-order valence-electron chi connectivity index (χ0n) is 11.8. The topological polar surface area (TPSA) is 105 Å². The van der Waals surface area contributed by atoms with E-state index in [9.17, 15) is 14.4 Å². The first-order valence-electron chi connectivity index (χ1n) is 6.78. The third kappa shape index (κ3) is 6.01. The van der Waals surface area contributed by atoms with Crippen LogP contribution in [0, 0.1) is 11.8 Å². The highest BCUT2D eigenvalue weighted by molar-refractivity contribution is 5.94. The minimum Gasteiger partial charge on any atom is -0.481 e. The van der Waals surface area contributed by atoms with E-state index in [0.717, 1.165) is 6.42 Å². The maximum absolute atomic E-state index is 11.6. The lowest BCUT2D eigenvalue weighted by molar-refractivity contribution is -0.138. The molecule has 3 unspecified atom stereocenters. The lowest BCUT2D eigenvalue weighted by Gasteiger charge is -2.19. The van der Waals surface area contributed by atoms with Crippen molar-refractivity contribution in [2.75, 3.05) is 13.2 Å². The van der Waals surface area contributed by atoms with Gasteiger partial charge < -0.3 is 15.2 Å². The monoisotopic (exact) mass is 286 g/mol. The van der Waals surface area contributed by atoms with Gasteiger partial charge in [0.1, 0.15) is 0 Å². The number of imide groups is 1. The van der Waals surface area contributed by atoms with Gasteiger partial charge in [0.05, 0.1) is 6.61 Å². The number of carbonyl (C=O) groups excluding carboxylic acids is 2. The average molecular weight is 286 g/mol. The Kier molecular flexibility index (Phi) is 6.44. The molecule has 0 bridgehead atoms. The van der Waals surface area contributed by atoms with Gasteiger partial charge in [0.15, 0.2) is 0 Å². The number of carbonyl (C=O) groups is 3. The predicted molar refractivity (Wildman–Crippen MR) is 71.1 cm³/mol. The van der Waals surface area contributed by atoms with Crippen molar-refractivity contribution in [2.24, 2.45) is 11.8 Å². The summed E-state index contributed by atoms with van der Waals surface area (Å²) in [6, 6.07) is -0.612. The number of ether oxygens (including phenoxy) is 1. The fourth-order valence-electron chi connectivity index (χ4n) is 2.17. The molecule has 1 fully saturated rings. The molecule has 0 spiro atoms. The second-order valence-corrected chi connectivity index (χ2v) is 5.34. The average Bonchev–Trinajstić information content (AvgIpc) is 2.79. The second-order valence-electron chi connectivity index (χ2n) is 5.34. The molecule has 3 atom stereocenters. The maximum atomic E-state index is 11.6. The van der Waals surface area contributed by atoms with Gasteiger partial charge in [-0.05, 0) is 19.3 Å². The Labute approximate surface area is 118 Å². The van der Waals surface area contributed by atoms with E-state index in [-0.39, 0.29) is 30.7 Å². The van der Waals surface area contributed by atoms with Crippen molar-refractivity contribution in [1.29, 1.82) is 0 Å². The molecule has 0 aromatic rings. The van der Waals surface area contributed by atoms with E-state index >= 15 is 0 Å². The van der Waals surface area contributed by atoms with Gasteiger partial charge in [-0.15, -0.1) is 0 Å². The number of carboxylic acid groups (broad SMARTS) is 1. The summed E-state index contributed by atoms with van der Waals surface area (Å²) in [5.41, 5.74) is 0. The summed E-state index contributed by atoms with van der Waals surface area (Å²) in [7, 11) is 0. The van der Waals surface area contributed by atoms with Crippen LogP contribution in [0.25, 0.3) is 0 Å². The number of nitrogens with one attached hydrogen (secondary N) is 2. The lowest BCUT2D eigenvalue weighted by atomic mass is 10.0. The third-order valence-corrected chi connectivity index (χ3v) is 3.34. The Hall–Kier alpha value is -1.63. The highest BCUT2D eigenvalue weighted by atomic mass is 16.5. The van der Waals surface area contributed by atoms with Crippen molar-refractivity contribution >= 4 is 17.9 Å². The van der Waals surface area contributed by atoms with E-state index in [2.05, 4.69) is 10.6 Å². The molecule has 1 saturated heterocycles. The summed E-state index contributed by atoms with van der Waals surface area (Å²) < 4.78 is 5.24. The standard InChI is InChI=1S/C13H22N2O5/c1-8(6-12(17)18)5-11(16)15-13(19)14-9(2)10-3-4-20-7-10/h8-10H,3-7H2,1-2H3,(H,17,18)(H2,14,15,16,19). The first-order valence-corrected chi connectivity index (χ1v) is 6.78. The summed E-state index contributed by atoms with van der Waals surface area (Å²) in [5.74, 6) is -1.46. The van der Waals surface area contributed by atoms with Crippen LogP contribution in [0.5, 0.6) is 0 Å². The van der Waals surface area contributed by atoms with Crippen molar-refractivity contribution in [3.8, 4) is 0 Å². The summed E-state index contributed by atoms with van der Waals surface area (Å²) >= 11 is 0. The largest absolute Gasteiger partial charge is 0.481 e. The van der Waals surface area contributed by atoms with Crippen molar-refractivity contribution in [3.63, 3.8) is 0 Å². The zero-order chi connectivity index (χ0) is 15.1. The molecule has 3 N–H and O–H groups in total. The molecule has 114 valence electrons. The van der Waals surface area contributed by atoms with Crippen LogP contribution in [-0.2, 0) is 14.3 Å². The van der Waals surface area contributed by atoms with Gasteiger partial charge in [-0.25, -0.2) is 4.79 Å². The van der Waals surface area contributed by atoms with Crippen LogP contribution < -0.4 is 10.6 Å². The van der Waals surface area contributed by atoms with E-state index in [1.807, 2.05) is 6.92 Å². The van der Waals surface area contributed by atoms with Gasteiger partial charge in [-0.3, -0.25) is 14.9 Å².